The molecule has 0 spiro atoms. The molecular weight excluding hydrogens is 286 g/mol. The maximum absolute atomic E-state index is 4.81. The van der Waals surface area contributed by atoms with Gasteiger partial charge in [-0.05, 0) is 34.2 Å². The van der Waals surface area contributed by atoms with E-state index < -0.39 is 0 Å². The van der Waals surface area contributed by atoms with Gasteiger partial charge >= 0.3 is 0 Å². The van der Waals surface area contributed by atoms with Crippen LogP contribution in [0.1, 0.15) is 53.4 Å². The van der Waals surface area contributed by atoms with Gasteiger partial charge in [-0.15, -0.1) is 0 Å². The van der Waals surface area contributed by atoms with E-state index in [1.54, 1.807) is 0 Å². The molecule has 0 aliphatic carbocycles. The molecule has 2 unspecified atom stereocenters. The lowest BCUT2D eigenvalue weighted by molar-refractivity contribution is 0.122. The third kappa shape index (κ3) is 8.56. The molecule has 2 N–H and O–H groups in total. The zero-order valence-electron chi connectivity index (χ0n) is 16.1. The summed E-state index contributed by atoms with van der Waals surface area (Å²) in [4.78, 5) is 9.77. The zero-order valence-corrected chi connectivity index (χ0v) is 16.1. The number of hydrogen-bond acceptors (Lipinski definition) is 3. The van der Waals surface area contributed by atoms with Crippen molar-refractivity contribution in [2.24, 2.45) is 4.99 Å². The second kappa shape index (κ2) is 11.7. The van der Waals surface area contributed by atoms with E-state index in [9.17, 15) is 0 Å². The molecule has 0 radical (unpaired) electrons. The summed E-state index contributed by atoms with van der Waals surface area (Å²) in [6, 6.07) is 0.993. The molecule has 0 saturated carbocycles. The molecule has 0 aromatic carbocycles. The quantitative estimate of drug-likeness (QED) is 0.387. The number of unbranched alkanes of at least 4 members (excludes halogenated alkanes) is 2. The minimum atomic E-state index is 0.485. The number of aliphatic imine (C=N–C) groups is 1. The minimum Gasteiger partial charge on any atom is -0.357 e. The number of nitrogens with one attached hydrogen (secondary N) is 2. The van der Waals surface area contributed by atoms with Crippen LogP contribution >= 0.6 is 0 Å². The van der Waals surface area contributed by atoms with Crippen LogP contribution in [-0.2, 0) is 0 Å². The first-order chi connectivity index (χ1) is 11.1. The summed E-state index contributed by atoms with van der Waals surface area (Å²) < 4.78 is 0. The molecule has 5 nitrogen and oxygen atoms in total. The topological polar surface area (TPSA) is 42.9 Å². The Morgan fingerprint density at radius 2 is 1.78 bits per heavy atom. The first-order valence-electron chi connectivity index (χ1n) is 9.54. The van der Waals surface area contributed by atoms with Crippen LogP contribution in [0.2, 0.25) is 0 Å². The Kier molecular flexibility index (Phi) is 10.3. The summed E-state index contributed by atoms with van der Waals surface area (Å²) >= 11 is 0. The first kappa shape index (κ1) is 20.2. The molecule has 23 heavy (non-hydrogen) atoms. The average Bonchev–Trinajstić information content (AvgIpc) is 2.53. The SMILES string of the molecule is CCCCCC(C)NC(=NCC(C)N1CCN(C)CC1)NCC. The fraction of sp³-hybridized carbons (Fsp3) is 0.944. The molecule has 0 amide bonds. The van der Waals surface area contributed by atoms with E-state index in [-0.39, 0.29) is 0 Å². The molecule has 1 saturated heterocycles. The van der Waals surface area contributed by atoms with Crippen LogP contribution in [0, 0.1) is 0 Å². The molecule has 1 heterocycles. The second-order valence-electron chi connectivity index (χ2n) is 6.95. The highest BCUT2D eigenvalue weighted by Crippen LogP contribution is 2.06. The van der Waals surface area contributed by atoms with Gasteiger partial charge in [0.05, 0.1) is 6.54 Å². The van der Waals surface area contributed by atoms with Crippen LogP contribution in [-0.4, -0.2) is 74.2 Å². The molecule has 0 bridgehead atoms. The Hall–Kier alpha value is -0.810. The second-order valence-corrected chi connectivity index (χ2v) is 6.95. The lowest BCUT2D eigenvalue weighted by Gasteiger charge is -2.36. The van der Waals surface area contributed by atoms with Crippen LogP contribution in [0.4, 0.5) is 0 Å². The largest absolute Gasteiger partial charge is 0.357 e. The molecule has 1 aliphatic heterocycles. The Balaban J connectivity index is 2.40. The summed E-state index contributed by atoms with van der Waals surface area (Å²) in [7, 11) is 2.20. The highest BCUT2D eigenvalue weighted by molar-refractivity contribution is 5.80. The summed E-state index contributed by atoms with van der Waals surface area (Å²) in [6.07, 6.45) is 5.11. The number of piperazine rings is 1. The molecule has 1 rings (SSSR count). The Morgan fingerprint density at radius 1 is 1.09 bits per heavy atom. The lowest BCUT2D eigenvalue weighted by atomic mass is 10.1. The monoisotopic (exact) mass is 325 g/mol. The zero-order chi connectivity index (χ0) is 17.1. The van der Waals surface area contributed by atoms with E-state index in [0.29, 0.717) is 12.1 Å². The molecule has 2 atom stereocenters. The van der Waals surface area contributed by atoms with Crippen molar-refractivity contribution in [2.75, 3.05) is 46.3 Å². The van der Waals surface area contributed by atoms with Crippen molar-refractivity contribution in [1.82, 2.24) is 20.4 Å². The predicted octanol–water partition coefficient (Wildman–Crippen LogP) is 2.15. The van der Waals surface area contributed by atoms with Crippen molar-refractivity contribution in [2.45, 2.75) is 65.5 Å². The number of rotatable bonds is 9. The van der Waals surface area contributed by atoms with Gasteiger partial charge in [-0.25, -0.2) is 0 Å². The highest BCUT2D eigenvalue weighted by Gasteiger charge is 2.18. The average molecular weight is 326 g/mol. The van der Waals surface area contributed by atoms with E-state index in [2.05, 4.69) is 55.2 Å². The normalized spacial score (nSPS) is 20.3. The fourth-order valence-electron chi connectivity index (χ4n) is 2.93. The Morgan fingerprint density at radius 3 is 2.39 bits per heavy atom. The van der Waals surface area contributed by atoms with Crippen LogP contribution in [0.5, 0.6) is 0 Å². The molecule has 1 aliphatic rings. The summed E-state index contributed by atoms with van der Waals surface area (Å²) in [5.41, 5.74) is 0. The Bertz CT molecular complexity index is 323. The van der Waals surface area contributed by atoms with E-state index in [1.807, 2.05) is 0 Å². The molecule has 5 heteroatoms. The van der Waals surface area contributed by atoms with Gasteiger partial charge in [0.1, 0.15) is 0 Å². The van der Waals surface area contributed by atoms with Crippen molar-refractivity contribution in [3.8, 4) is 0 Å². The summed E-state index contributed by atoms with van der Waals surface area (Å²) in [6.45, 7) is 15.4. The number of likely N-dealkylation sites (N-methyl/N-ethyl adjacent to an activating group) is 1. The minimum absolute atomic E-state index is 0.485. The molecule has 136 valence electrons. The fourth-order valence-corrected chi connectivity index (χ4v) is 2.93. The van der Waals surface area contributed by atoms with Gasteiger partial charge in [-0.1, -0.05) is 26.2 Å². The van der Waals surface area contributed by atoms with Crippen molar-refractivity contribution < 1.29 is 0 Å². The molecule has 1 fully saturated rings. The Labute approximate surface area is 143 Å². The van der Waals surface area contributed by atoms with E-state index >= 15 is 0 Å². The molecule has 0 aromatic rings. The van der Waals surface area contributed by atoms with E-state index in [0.717, 1.165) is 32.1 Å². The predicted molar refractivity (Wildman–Crippen MR) is 101 cm³/mol. The van der Waals surface area contributed by atoms with Gasteiger partial charge in [0.25, 0.3) is 0 Å². The summed E-state index contributed by atoms with van der Waals surface area (Å²) in [5.74, 6) is 0.970. The van der Waals surface area contributed by atoms with Crippen molar-refractivity contribution >= 4 is 5.96 Å². The first-order valence-corrected chi connectivity index (χ1v) is 9.54. The third-order valence-corrected chi connectivity index (χ3v) is 4.64. The maximum Gasteiger partial charge on any atom is 0.191 e. The van der Waals surface area contributed by atoms with Gasteiger partial charge < -0.3 is 15.5 Å². The van der Waals surface area contributed by atoms with Crippen LogP contribution in [0.3, 0.4) is 0 Å². The number of hydrogen-bond donors (Lipinski definition) is 2. The number of guanidine groups is 1. The molecular formula is C18H39N5. The van der Waals surface area contributed by atoms with Crippen molar-refractivity contribution in [1.29, 1.82) is 0 Å². The standard InChI is InChI=1S/C18H39N5/c1-6-8-9-10-16(3)21-18(19-7-2)20-15-17(4)23-13-11-22(5)12-14-23/h16-17H,6-15H2,1-5H3,(H2,19,20,21). The number of nitrogens with zero attached hydrogens (tertiary/aromatic N) is 3. The van der Waals surface area contributed by atoms with Crippen LogP contribution < -0.4 is 10.6 Å². The van der Waals surface area contributed by atoms with E-state index in [4.69, 9.17) is 4.99 Å². The van der Waals surface area contributed by atoms with E-state index in [1.165, 1.54) is 38.8 Å². The van der Waals surface area contributed by atoms with Crippen LogP contribution in [0.25, 0.3) is 0 Å². The third-order valence-electron chi connectivity index (χ3n) is 4.64. The summed E-state index contributed by atoms with van der Waals surface area (Å²) in [5, 5.41) is 6.94. The molecule has 0 aromatic heterocycles. The smallest absolute Gasteiger partial charge is 0.191 e. The van der Waals surface area contributed by atoms with Crippen molar-refractivity contribution in [3.63, 3.8) is 0 Å². The van der Waals surface area contributed by atoms with Crippen molar-refractivity contribution in [3.05, 3.63) is 0 Å². The highest BCUT2D eigenvalue weighted by atomic mass is 15.3. The van der Waals surface area contributed by atoms with Gasteiger partial charge in [0, 0.05) is 44.8 Å². The van der Waals surface area contributed by atoms with Crippen LogP contribution in [0.15, 0.2) is 4.99 Å². The lowest BCUT2D eigenvalue weighted by Crippen LogP contribution is -2.49. The van der Waals surface area contributed by atoms with Gasteiger partial charge in [0.2, 0.25) is 0 Å². The van der Waals surface area contributed by atoms with Gasteiger partial charge in [0.15, 0.2) is 5.96 Å². The maximum atomic E-state index is 4.81. The van der Waals surface area contributed by atoms with Gasteiger partial charge in [-0.3, -0.25) is 9.89 Å². The van der Waals surface area contributed by atoms with Gasteiger partial charge in [-0.2, -0.15) is 0 Å².